The fourth-order valence-corrected chi connectivity index (χ4v) is 9.96. The molecule has 3 aliphatic rings. The van der Waals surface area contributed by atoms with Gasteiger partial charge in [0.25, 0.3) is 0 Å². The van der Waals surface area contributed by atoms with Crippen LogP contribution in [-0.4, -0.2) is 83.5 Å². The van der Waals surface area contributed by atoms with Crippen LogP contribution < -0.4 is 5.32 Å². The normalized spacial score (nSPS) is 19.1. The first-order valence-electron chi connectivity index (χ1n) is 21.4. The van der Waals surface area contributed by atoms with Crippen LogP contribution in [0.1, 0.15) is 66.9 Å². The van der Waals surface area contributed by atoms with E-state index in [4.69, 9.17) is 9.47 Å². The molecule has 3 atom stereocenters. The summed E-state index contributed by atoms with van der Waals surface area (Å²) < 4.78 is 13.6. The monoisotopic (exact) mass is 885 g/mol. The average Bonchev–Trinajstić information content (AvgIpc) is 3.93. The SMILES string of the molecule is CC(C)(C)OC(=O)N[C@@H]1C(=O)N2[C@@H](C(=O)OC(c3ccccc3)c3ccccc3)C(C=C3CCN(Cc4nnnn4C(c4ccccc4)(c4ccccc4)c4ccccc4)C3=O)=CS[C@H]12. The van der Waals surface area contributed by atoms with Gasteiger partial charge in [-0.2, -0.15) is 0 Å². The van der Waals surface area contributed by atoms with Gasteiger partial charge in [0.1, 0.15) is 22.6 Å². The van der Waals surface area contributed by atoms with Crippen molar-refractivity contribution in [1.29, 1.82) is 0 Å². The number of hydrogen-bond acceptors (Lipinski definition) is 10. The van der Waals surface area contributed by atoms with E-state index in [2.05, 4.69) is 57.2 Å². The van der Waals surface area contributed by atoms with Crippen molar-refractivity contribution in [1.82, 2.24) is 35.3 Å². The first-order chi connectivity index (χ1) is 31.5. The minimum absolute atomic E-state index is 0.0945. The number of alkyl carbamates (subject to hydrolysis) is 1. The number of carbonyl (C=O) groups excluding carboxylic acids is 4. The highest BCUT2D eigenvalue weighted by Gasteiger charge is 2.57. The number of aromatic nitrogens is 4. The summed E-state index contributed by atoms with van der Waals surface area (Å²) in [6, 6.07) is 46.7. The van der Waals surface area contributed by atoms with Gasteiger partial charge < -0.3 is 24.6 Å². The zero-order valence-electron chi connectivity index (χ0n) is 36.1. The molecule has 2 fully saturated rings. The van der Waals surface area contributed by atoms with E-state index in [-0.39, 0.29) is 12.5 Å². The van der Waals surface area contributed by atoms with Gasteiger partial charge in [0.2, 0.25) is 11.8 Å². The molecule has 2 saturated heterocycles. The van der Waals surface area contributed by atoms with Crippen LogP contribution in [0.2, 0.25) is 0 Å². The zero-order valence-corrected chi connectivity index (χ0v) is 36.9. The van der Waals surface area contributed by atoms with E-state index in [0.717, 1.165) is 27.8 Å². The molecule has 0 bridgehead atoms. The standard InChI is InChI=1S/C51H47N7O6S/c1-50(2,3)64-49(62)52-42-46(60)57-43(48(61)63-44(34-19-9-4-10-20-34)35-21-11-5-12-22-35)37(33-65-47(42)57)31-36-29-30-56(45(36)59)32-41-53-54-55-58(41)51(38-23-13-6-14-24-38,39-25-15-7-16-26-39)40-27-17-8-18-28-40/h4-28,31,33,42-44,47H,29-30,32H2,1-3H3,(H,52,62)/t42-,43-,47-/m1/s1. The van der Waals surface area contributed by atoms with E-state index in [1.807, 2.05) is 120 Å². The van der Waals surface area contributed by atoms with Crippen LogP contribution in [0.15, 0.2) is 174 Å². The Morgan fingerprint density at radius 3 is 1.83 bits per heavy atom. The van der Waals surface area contributed by atoms with Gasteiger partial charge in [0.05, 0.1) is 6.54 Å². The summed E-state index contributed by atoms with van der Waals surface area (Å²) in [5, 5.41) is 17.2. The molecular weight excluding hydrogens is 839 g/mol. The number of carbonyl (C=O) groups is 4. The lowest BCUT2D eigenvalue weighted by molar-refractivity contribution is -0.164. The number of amides is 3. The molecule has 3 amide bonds. The number of rotatable bonds is 12. The van der Waals surface area contributed by atoms with Crippen molar-refractivity contribution in [2.75, 3.05) is 6.54 Å². The largest absolute Gasteiger partial charge is 0.451 e. The maximum Gasteiger partial charge on any atom is 0.408 e. The van der Waals surface area contributed by atoms with E-state index in [1.165, 1.54) is 16.7 Å². The lowest BCUT2D eigenvalue weighted by Gasteiger charge is -2.51. The van der Waals surface area contributed by atoms with Crippen molar-refractivity contribution < 1.29 is 28.7 Å². The summed E-state index contributed by atoms with van der Waals surface area (Å²) in [5.74, 6) is -0.938. The van der Waals surface area contributed by atoms with Crippen molar-refractivity contribution in [3.63, 3.8) is 0 Å². The minimum Gasteiger partial charge on any atom is -0.451 e. The number of nitrogens with zero attached hydrogens (tertiary/aromatic N) is 6. The molecule has 1 aromatic heterocycles. The lowest BCUT2D eigenvalue weighted by Crippen LogP contribution is -2.74. The van der Waals surface area contributed by atoms with Gasteiger partial charge in [-0.25, -0.2) is 14.3 Å². The molecule has 3 aliphatic heterocycles. The summed E-state index contributed by atoms with van der Waals surface area (Å²) >= 11 is 1.28. The fourth-order valence-electron chi connectivity index (χ4n) is 8.77. The van der Waals surface area contributed by atoms with Crippen molar-refractivity contribution in [2.45, 2.75) is 68.4 Å². The number of hydrogen-bond donors (Lipinski definition) is 1. The van der Waals surface area contributed by atoms with E-state index >= 15 is 0 Å². The number of nitrogens with one attached hydrogen (secondary N) is 1. The molecule has 0 aliphatic carbocycles. The first-order valence-corrected chi connectivity index (χ1v) is 22.4. The molecule has 65 heavy (non-hydrogen) atoms. The van der Waals surface area contributed by atoms with Gasteiger partial charge >= 0.3 is 12.1 Å². The number of ether oxygens (including phenoxy) is 2. The van der Waals surface area contributed by atoms with Crippen LogP contribution in [0.4, 0.5) is 4.79 Å². The molecule has 0 unspecified atom stereocenters. The Bertz CT molecular complexity index is 2610. The number of likely N-dealkylation sites (tertiary alicyclic amines) is 1. The van der Waals surface area contributed by atoms with Crippen LogP contribution in [0.3, 0.4) is 0 Å². The highest BCUT2D eigenvalue weighted by Crippen LogP contribution is 2.44. The van der Waals surface area contributed by atoms with Gasteiger partial charge in [0, 0.05) is 12.1 Å². The Morgan fingerprint density at radius 1 is 0.785 bits per heavy atom. The van der Waals surface area contributed by atoms with E-state index in [9.17, 15) is 19.2 Å². The molecule has 0 radical (unpaired) electrons. The highest BCUT2D eigenvalue weighted by atomic mass is 32.2. The van der Waals surface area contributed by atoms with Crippen LogP contribution in [0, 0.1) is 0 Å². The third kappa shape index (κ3) is 8.44. The van der Waals surface area contributed by atoms with E-state index in [1.54, 1.807) is 37.2 Å². The van der Waals surface area contributed by atoms with Gasteiger partial charge in [-0.15, -0.1) is 16.9 Å². The third-order valence-electron chi connectivity index (χ3n) is 11.7. The number of tetrazole rings is 1. The highest BCUT2D eigenvalue weighted by molar-refractivity contribution is 8.03. The number of thioether (sulfide) groups is 1. The summed E-state index contributed by atoms with van der Waals surface area (Å²) in [4.78, 5) is 59.2. The Morgan fingerprint density at radius 2 is 1.31 bits per heavy atom. The summed E-state index contributed by atoms with van der Waals surface area (Å²) in [6.45, 7) is 5.67. The number of β-lactam (4-membered cyclic amide) rings is 1. The summed E-state index contributed by atoms with van der Waals surface area (Å²) in [7, 11) is 0. The van der Waals surface area contributed by atoms with Gasteiger partial charge in [-0.05, 0) is 82.5 Å². The first kappa shape index (κ1) is 43.0. The van der Waals surface area contributed by atoms with Crippen molar-refractivity contribution in [3.05, 3.63) is 208 Å². The Hall–Kier alpha value is -7.32. The smallest absolute Gasteiger partial charge is 0.408 e. The number of benzene rings is 5. The van der Waals surface area contributed by atoms with Gasteiger partial charge in [-0.3, -0.25) is 9.59 Å². The summed E-state index contributed by atoms with van der Waals surface area (Å²) in [5.41, 5.74) is 3.39. The van der Waals surface area contributed by atoms with Crippen LogP contribution in [0.5, 0.6) is 0 Å². The second-order valence-corrected chi connectivity index (χ2v) is 18.0. The fraction of sp³-hybridized carbons (Fsp3) is 0.235. The molecule has 9 rings (SSSR count). The maximum absolute atomic E-state index is 14.7. The average molecular weight is 886 g/mol. The van der Waals surface area contributed by atoms with Crippen molar-refractivity contribution in [3.8, 4) is 0 Å². The Kier molecular flexibility index (Phi) is 11.9. The van der Waals surface area contributed by atoms with Gasteiger partial charge in [-0.1, -0.05) is 152 Å². The molecule has 6 aromatic rings. The summed E-state index contributed by atoms with van der Waals surface area (Å²) in [6.07, 6.45) is 0.534. The predicted octanol–water partition coefficient (Wildman–Crippen LogP) is 7.57. The van der Waals surface area contributed by atoms with Crippen LogP contribution >= 0.6 is 11.8 Å². The third-order valence-corrected chi connectivity index (χ3v) is 12.9. The van der Waals surface area contributed by atoms with Crippen molar-refractivity contribution >= 4 is 35.6 Å². The molecule has 1 N–H and O–H groups in total. The molecule has 14 heteroatoms. The van der Waals surface area contributed by atoms with Gasteiger partial charge in [0.15, 0.2) is 18.0 Å². The predicted molar refractivity (Wildman–Crippen MR) is 245 cm³/mol. The van der Waals surface area contributed by atoms with Crippen LogP contribution in [-0.2, 0) is 35.9 Å². The van der Waals surface area contributed by atoms with E-state index in [0.29, 0.717) is 29.9 Å². The second kappa shape index (κ2) is 18.0. The maximum atomic E-state index is 14.7. The van der Waals surface area contributed by atoms with Crippen molar-refractivity contribution in [2.24, 2.45) is 0 Å². The molecule has 4 heterocycles. The molecule has 5 aromatic carbocycles. The molecular formula is C51H47N7O6S. The molecule has 0 saturated carbocycles. The number of esters is 1. The Balaban J connectivity index is 1.04. The Labute approximate surface area is 381 Å². The van der Waals surface area contributed by atoms with E-state index < -0.39 is 52.7 Å². The topological polar surface area (TPSA) is 149 Å². The lowest BCUT2D eigenvalue weighted by atomic mass is 9.77. The molecule has 328 valence electrons. The zero-order chi connectivity index (χ0) is 45.1. The molecule has 13 nitrogen and oxygen atoms in total. The second-order valence-electron chi connectivity index (χ2n) is 17.0. The quantitative estimate of drug-likeness (QED) is 0.0565. The minimum atomic E-state index is -1.22. The van der Waals surface area contributed by atoms with Crippen LogP contribution in [0.25, 0.3) is 0 Å². The molecule has 0 spiro atoms. The number of fused-ring (bicyclic) bond motifs is 1.